The topological polar surface area (TPSA) is 95.9 Å². The lowest BCUT2D eigenvalue weighted by atomic mass is 9.95. The van der Waals surface area contributed by atoms with Gasteiger partial charge in [-0.3, -0.25) is 10.1 Å². The minimum atomic E-state index is -0.978. The van der Waals surface area contributed by atoms with Crippen molar-refractivity contribution in [1.82, 2.24) is 0 Å². The Morgan fingerprint density at radius 3 is 2.33 bits per heavy atom. The van der Waals surface area contributed by atoms with Crippen molar-refractivity contribution in [1.29, 1.82) is 0 Å². The molecule has 6 heteroatoms. The zero-order chi connectivity index (χ0) is 15.8. The fourth-order valence-corrected chi connectivity index (χ4v) is 2.16. The molecule has 0 aliphatic heterocycles. The molecular weight excluding hydrogens is 274 g/mol. The fourth-order valence-electron chi connectivity index (χ4n) is 2.16. The van der Waals surface area contributed by atoms with Crippen molar-refractivity contribution in [3.63, 3.8) is 0 Å². The van der Waals surface area contributed by atoms with Crippen LogP contribution in [0.3, 0.4) is 0 Å². The first kappa shape index (κ1) is 15.2. The molecule has 0 aromatic heterocycles. The Balaban J connectivity index is 2.13. The van der Waals surface area contributed by atoms with E-state index < -0.39 is 23.1 Å². The summed E-state index contributed by atoms with van der Waals surface area (Å²) in [6.07, 6.45) is 0.387. The van der Waals surface area contributed by atoms with Crippen LogP contribution in [0, 0.1) is 0 Å². The molecule has 1 aliphatic rings. The third kappa shape index (κ3) is 3.26. The molecule has 114 valence electrons. The van der Waals surface area contributed by atoms with Crippen molar-refractivity contribution in [2.45, 2.75) is 44.6 Å². The number of amides is 1. The van der Waals surface area contributed by atoms with Crippen LogP contribution in [0.1, 0.15) is 39.2 Å². The summed E-state index contributed by atoms with van der Waals surface area (Å²) in [6, 6.07) is 4.42. The third-order valence-corrected chi connectivity index (χ3v) is 3.32. The number of carboxylic acids is 1. The van der Waals surface area contributed by atoms with Gasteiger partial charge in [-0.25, -0.2) is 4.79 Å². The van der Waals surface area contributed by atoms with E-state index in [1.54, 1.807) is 26.8 Å². The van der Waals surface area contributed by atoms with Crippen LogP contribution in [0.2, 0.25) is 0 Å². The van der Waals surface area contributed by atoms with Crippen molar-refractivity contribution in [2.75, 3.05) is 5.32 Å². The molecule has 2 rings (SSSR count). The molecule has 0 spiro atoms. The molecule has 1 aliphatic carbocycles. The van der Waals surface area contributed by atoms with Crippen LogP contribution in [0.4, 0.5) is 10.5 Å². The van der Waals surface area contributed by atoms with Gasteiger partial charge in [-0.1, -0.05) is 6.07 Å². The average molecular weight is 293 g/mol. The zero-order valence-electron chi connectivity index (χ0n) is 12.3. The minimum absolute atomic E-state index is 0.136. The molecule has 0 atom stereocenters. The van der Waals surface area contributed by atoms with Gasteiger partial charge in [0, 0.05) is 17.3 Å². The molecule has 0 saturated heterocycles. The highest BCUT2D eigenvalue weighted by molar-refractivity contribution is 5.88. The monoisotopic (exact) mass is 293 g/mol. The van der Waals surface area contributed by atoms with Gasteiger partial charge in [0.15, 0.2) is 0 Å². The Labute approximate surface area is 122 Å². The summed E-state index contributed by atoms with van der Waals surface area (Å²) in [5.41, 5.74) is -0.862. The number of carbonyl (C=O) groups is 2. The first-order valence-electron chi connectivity index (χ1n) is 6.71. The third-order valence-electron chi connectivity index (χ3n) is 3.32. The van der Waals surface area contributed by atoms with Crippen LogP contribution < -0.4 is 5.32 Å². The van der Waals surface area contributed by atoms with Crippen LogP contribution in [-0.4, -0.2) is 27.9 Å². The number of carbonyl (C=O) groups excluding carboxylic acids is 1. The summed E-state index contributed by atoms with van der Waals surface area (Å²) < 4.78 is 5.10. The maximum Gasteiger partial charge on any atom is 0.412 e. The fraction of sp³-hybridized carbons (Fsp3) is 0.467. The van der Waals surface area contributed by atoms with E-state index in [-0.39, 0.29) is 5.75 Å². The second-order valence-corrected chi connectivity index (χ2v) is 6.25. The number of ether oxygens (including phenoxy) is 1. The Kier molecular flexibility index (Phi) is 3.57. The Morgan fingerprint density at radius 2 is 1.90 bits per heavy atom. The van der Waals surface area contributed by atoms with E-state index in [1.165, 1.54) is 12.1 Å². The van der Waals surface area contributed by atoms with Crippen LogP contribution >= 0.6 is 0 Å². The number of aliphatic carboxylic acids is 1. The average Bonchev–Trinajstić information content (AvgIpc) is 3.07. The lowest BCUT2D eigenvalue weighted by Crippen LogP contribution is -2.27. The van der Waals surface area contributed by atoms with E-state index in [2.05, 4.69) is 5.32 Å². The highest BCUT2D eigenvalue weighted by Crippen LogP contribution is 2.51. The number of anilines is 1. The summed E-state index contributed by atoms with van der Waals surface area (Å²) in [4.78, 5) is 22.9. The van der Waals surface area contributed by atoms with E-state index in [9.17, 15) is 19.8 Å². The Bertz CT molecular complexity index is 584. The lowest BCUT2D eigenvalue weighted by molar-refractivity contribution is -0.140. The summed E-state index contributed by atoms with van der Waals surface area (Å²) in [6.45, 7) is 5.24. The van der Waals surface area contributed by atoms with Crippen LogP contribution in [-0.2, 0) is 14.9 Å². The standard InChI is InChI=1S/C15H19NO5/c1-14(2,3)21-13(20)16-9-4-5-10(11(17)8-9)15(6-7-15)12(18)19/h4-5,8,17H,6-7H2,1-3H3,(H,16,20)(H,18,19). The summed E-state index contributed by atoms with van der Waals surface area (Å²) in [5.74, 6) is -1.07. The zero-order valence-corrected chi connectivity index (χ0v) is 12.3. The minimum Gasteiger partial charge on any atom is -0.508 e. The highest BCUT2D eigenvalue weighted by Gasteiger charge is 2.53. The van der Waals surface area contributed by atoms with E-state index in [0.717, 1.165) is 0 Å². The molecular formula is C15H19NO5. The predicted octanol–water partition coefficient (Wildman–Crippen LogP) is 2.86. The molecule has 21 heavy (non-hydrogen) atoms. The van der Waals surface area contributed by atoms with Gasteiger partial charge in [-0.2, -0.15) is 0 Å². The second-order valence-electron chi connectivity index (χ2n) is 6.25. The number of hydrogen-bond donors (Lipinski definition) is 3. The molecule has 6 nitrogen and oxygen atoms in total. The molecule has 1 fully saturated rings. The molecule has 0 radical (unpaired) electrons. The maximum absolute atomic E-state index is 11.6. The molecule has 3 N–H and O–H groups in total. The van der Waals surface area contributed by atoms with Crippen molar-refractivity contribution in [2.24, 2.45) is 0 Å². The Hall–Kier alpha value is -2.24. The van der Waals surface area contributed by atoms with Gasteiger partial charge >= 0.3 is 12.1 Å². The molecule has 0 heterocycles. The number of hydrogen-bond acceptors (Lipinski definition) is 4. The van der Waals surface area contributed by atoms with E-state index in [0.29, 0.717) is 24.1 Å². The summed E-state index contributed by atoms with van der Waals surface area (Å²) >= 11 is 0. The second kappa shape index (κ2) is 4.95. The van der Waals surface area contributed by atoms with E-state index >= 15 is 0 Å². The Morgan fingerprint density at radius 1 is 1.29 bits per heavy atom. The molecule has 1 aromatic carbocycles. The van der Waals surface area contributed by atoms with Crippen molar-refractivity contribution < 1.29 is 24.5 Å². The van der Waals surface area contributed by atoms with Gasteiger partial charge < -0.3 is 14.9 Å². The predicted molar refractivity (Wildman–Crippen MR) is 76.5 cm³/mol. The first-order valence-corrected chi connectivity index (χ1v) is 6.71. The first-order chi connectivity index (χ1) is 9.64. The maximum atomic E-state index is 11.6. The SMILES string of the molecule is CC(C)(C)OC(=O)Nc1ccc(C2(C(=O)O)CC2)c(O)c1. The number of carboxylic acid groups (broad SMARTS) is 1. The number of rotatable bonds is 3. The largest absolute Gasteiger partial charge is 0.508 e. The van der Waals surface area contributed by atoms with Crippen molar-refractivity contribution in [3.05, 3.63) is 23.8 Å². The van der Waals surface area contributed by atoms with E-state index in [1.807, 2.05) is 0 Å². The van der Waals surface area contributed by atoms with Gasteiger partial charge in [0.25, 0.3) is 0 Å². The van der Waals surface area contributed by atoms with Gasteiger partial charge in [0.2, 0.25) is 0 Å². The number of benzene rings is 1. The highest BCUT2D eigenvalue weighted by atomic mass is 16.6. The van der Waals surface area contributed by atoms with Crippen LogP contribution in [0.5, 0.6) is 5.75 Å². The summed E-state index contributed by atoms with van der Waals surface area (Å²) in [5, 5.41) is 21.7. The van der Waals surface area contributed by atoms with Crippen LogP contribution in [0.15, 0.2) is 18.2 Å². The lowest BCUT2D eigenvalue weighted by Gasteiger charge is -2.20. The van der Waals surface area contributed by atoms with Crippen LogP contribution in [0.25, 0.3) is 0 Å². The molecule has 1 saturated carbocycles. The molecule has 1 aromatic rings. The van der Waals surface area contributed by atoms with Gasteiger partial charge in [0.1, 0.15) is 11.4 Å². The van der Waals surface area contributed by atoms with Crippen molar-refractivity contribution >= 4 is 17.7 Å². The van der Waals surface area contributed by atoms with Gasteiger partial charge in [-0.05, 0) is 39.7 Å². The normalized spacial score (nSPS) is 16.1. The van der Waals surface area contributed by atoms with E-state index in [4.69, 9.17) is 4.74 Å². The van der Waals surface area contributed by atoms with Gasteiger partial charge in [0.05, 0.1) is 5.41 Å². The number of nitrogens with one attached hydrogen (secondary N) is 1. The molecule has 1 amide bonds. The molecule has 0 unspecified atom stereocenters. The number of phenols is 1. The smallest absolute Gasteiger partial charge is 0.412 e. The van der Waals surface area contributed by atoms with Crippen molar-refractivity contribution in [3.8, 4) is 5.75 Å². The quantitative estimate of drug-likeness (QED) is 0.796. The van der Waals surface area contributed by atoms with Gasteiger partial charge in [-0.15, -0.1) is 0 Å². The number of aromatic hydroxyl groups is 1. The summed E-state index contributed by atoms with van der Waals surface area (Å²) in [7, 11) is 0. The number of phenolic OH excluding ortho intramolecular Hbond substituents is 1. The molecule has 0 bridgehead atoms.